The Balaban J connectivity index is 1.52. The summed E-state index contributed by atoms with van der Waals surface area (Å²) < 4.78 is 19.8. The minimum atomic E-state index is -0.520. The second-order valence-electron chi connectivity index (χ2n) is 8.24. The van der Waals surface area contributed by atoms with Gasteiger partial charge in [-0.3, -0.25) is 10.2 Å². The Morgan fingerprint density at radius 3 is 2.77 bits per heavy atom. The van der Waals surface area contributed by atoms with E-state index in [1.807, 2.05) is 0 Å². The minimum absolute atomic E-state index is 0.00679. The molecule has 0 bridgehead atoms. The number of aliphatic imine (C=N–C) groups is 1. The summed E-state index contributed by atoms with van der Waals surface area (Å²) in [5, 5.41) is 16.2. The predicted molar refractivity (Wildman–Crippen MR) is 141 cm³/mol. The fourth-order valence-electron chi connectivity index (χ4n) is 3.70. The number of halogens is 2. The summed E-state index contributed by atoms with van der Waals surface area (Å²) in [4.78, 5) is 17.0. The molecule has 2 heterocycles. The summed E-state index contributed by atoms with van der Waals surface area (Å²) in [5.41, 5.74) is 0.982. The van der Waals surface area contributed by atoms with Crippen LogP contribution in [0.3, 0.4) is 0 Å². The number of amidine groups is 2. The van der Waals surface area contributed by atoms with Crippen molar-refractivity contribution in [2.24, 2.45) is 10.1 Å². The van der Waals surface area contributed by atoms with E-state index < -0.39 is 5.91 Å². The van der Waals surface area contributed by atoms with Crippen molar-refractivity contribution >= 4 is 51.4 Å². The van der Waals surface area contributed by atoms with Gasteiger partial charge in [0.15, 0.2) is 5.84 Å². The van der Waals surface area contributed by atoms with E-state index in [1.165, 1.54) is 48.2 Å². The summed E-state index contributed by atoms with van der Waals surface area (Å²) in [5.74, 6) is -0.521. The highest BCUT2D eigenvalue weighted by Gasteiger charge is 2.35. The zero-order valence-corrected chi connectivity index (χ0v) is 21.0. The highest BCUT2D eigenvalue weighted by atomic mass is 35.5. The van der Waals surface area contributed by atoms with E-state index in [-0.39, 0.29) is 23.8 Å². The van der Waals surface area contributed by atoms with Gasteiger partial charge in [-0.2, -0.15) is 15.1 Å². The van der Waals surface area contributed by atoms with Crippen LogP contribution in [0.5, 0.6) is 5.75 Å². The molecule has 0 spiro atoms. The molecule has 0 fully saturated rings. The first kappa shape index (κ1) is 25.1. The molecule has 2 aromatic rings. The van der Waals surface area contributed by atoms with Crippen LogP contribution in [0, 0.1) is 11.2 Å². The number of benzene rings is 2. The van der Waals surface area contributed by atoms with E-state index in [1.54, 1.807) is 36.4 Å². The maximum absolute atomic E-state index is 14.0. The quantitative estimate of drug-likeness (QED) is 0.273. The number of hydrogen-bond acceptors (Lipinski definition) is 5. The van der Waals surface area contributed by atoms with Crippen molar-refractivity contribution in [2.75, 3.05) is 0 Å². The van der Waals surface area contributed by atoms with Crippen LogP contribution in [0.25, 0.3) is 6.08 Å². The molecule has 0 radical (unpaired) electrons. The summed E-state index contributed by atoms with van der Waals surface area (Å²) in [7, 11) is 0. The van der Waals surface area contributed by atoms with Crippen LogP contribution in [0.2, 0.25) is 5.02 Å². The third-order valence-corrected chi connectivity index (χ3v) is 6.81. The molecule has 6 nitrogen and oxygen atoms in total. The molecule has 0 atom stereocenters. The Labute approximate surface area is 213 Å². The van der Waals surface area contributed by atoms with Gasteiger partial charge in [-0.15, -0.1) is 0 Å². The van der Waals surface area contributed by atoms with Gasteiger partial charge in [0.05, 0.1) is 5.57 Å². The van der Waals surface area contributed by atoms with Crippen molar-refractivity contribution in [3.05, 3.63) is 70.0 Å². The molecule has 0 unspecified atom stereocenters. The Morgan fingerprint density at radius 1 is 1.17 bits per heavy atom. The average molecular weight is 513 g/mol. The van der Waals surface area contributed by atoms with Gasteiger partial charge in [0.2, 0.25) is 5.17 Å². The molecular weight excluding hydrogens is 487 g/mol. The number of ether oxygens (including phenoxy) is 1. The number of thioether (sulfide) groups is 1. The van der Waals surface area contributed by atoms with E-state index in [4.69, 9.17) is 21.7 Å². The second kappa shape index (κ2) is 11.6. The lowest BCUT2D eigenvalue weighted by Crippen LogP contribution is -2.35. The Kier molecular flexibility index (Phi) is 8.36. The molecule has 2 aliphatic heterocycles. The van der Waals surface area contributed by atoms with Crippen molar-refractivity contribution in [1.29, 1.82) is 5.41 Å². The zero-order chi connectivity index (χ0) is 24.8. The minimum Gasteiger partial charge on any atom is -0.488 e. The molecule has 35 heavy (non-hydrogen) atoms. The lowest BCUT2D eigenvalue weighted by Gasteiger charge is -2.20. The second-order valence-corrected chi connectivity index (χ2v) is 9.72. The Morgan fingerprint density at radius 2 is 1.97 bits per heavy atom. The predicted octanol–water partition coefficient (Wildman–Crippen LogP) is 7.04. The monoisotopic (exact) mass is 512 g/mol. The van der Waals surface area contributed by atoms with Crippen molar-refractivity contribution in [3.63, 3.8) is 0 Å². The molecule has 0 saturated carbocycles. The van der Waals surface area contributed by atoms with Gasteiger partial charge in [-0.1, -0.05) is 62.4 Å². The first-order valence-corrected chi connectivity index (χ1v) is 12.8. The average Bonchev–Trinajstić information content (AvgIpc) is 3.25. The molecular formula is C26H26ClFN4O2S. The number of carbonyl (C=O) groups is 1. The number of carbonyl (C=O) groups excluding carboxylic acids is 1. The van der Waals surface area contributed by atoms with E-state index in [2.05, 4.69) is 17.0 Å². The molecule has 0 aromatic heterocycles. The normalized spacial score (nSPS) is 16.4. The van der Waals surface area contributed by atoms with Gasteiger partial charge in [0.25, 0.3) is 5.91 Å². The third-order valence-electron chi connectivity index (χ3n) is 5.60. The largest absolute Gasteiger partial charge is 0.488 e. The first-order chi connectivity index (χ1) is 17.0. The number of amides is 1. The van der Waals surface area contributed by atoms with E-state index in [0.29, 0.717) is 27.1 Å². The van der Waals surface area contributed by atoms with E-state index in [0.717, 1.165) is 24.3 Å². The smallest absolute Gasteiger partial charge is 0.283 e. The molecule has 1 amide bonds. The van der Waals surface area contributed by atoms with E-state index in [9.17, 15) is 9.18 Å². The molecule has 4 rings (SSSR count). The summed E-state index contributed by atoms with van der Waals surface area (Å²) >= 11 is 7.53. The van der Waals surface area contributed by atoms with E-state index >= 15 is 0 Å². The van der Waals surface area contributed by atoms with Crippen LogP contribution in [0.4, 0.5) is 4.39 Å². The van der Waals surface area contributed by atoms with Crippen LogP contribution in [0.15, 0.2) is 58.1 Å². The van der Waals surface area contributed by atoms with Crippen LogP contribution in [-0.2, 0) is 11.4 Å². The maximum Gasteiger partial charge on any atom is 0.283 e. The number of rotatable bonds is 10. The van der Waals surface area contributed by atoms with Gasteiger partial charge < -0.3 is 4.74 Å². The molecule has 0 aliphatic carbocycles. The van der Waals surface area contributed by atoms with Crippen LogP contribution in [-0.4, -0.2) is 27.0 Å². The van der Waals surface area contributed by atoms with Gasteiger partial charge in [-0.25, -0.2) is 4.39 Å². The van der Waals surface area contributed by atoms with Crippen molar-refractivity contribution < 1.29 is 13.9 Å². The SMILES string of the molecule is CCCCCCCC1=NN2C(=N)/C(=C\c3cc(Cl)ccc3OCc3ccccc3F)C(=O)N=C2S1. The summed E-state index contributed by atoms with van der Waals surface area (Å²) in [6.45, 7) is 2.19. The highest BCUT2D eigenvalue weighted by molar-refractivity contribution is 8.26. The number of hydrogen-bond donors (Lipinski definition) is 1. The van der Waals surface area contributed by atoms with Crippen LogP contribution in [0.1, 0.15) is 56.6 Å². The van der Waals surface area contributed by atoms with Crippen molar-refractivity contribution in [1.82, 2.24) is 5.01 Å². The number of fused-ring (bicyclic) bond motifs is 1. The number of nitrogens with one attached hydrogen (secondary N) is 1. The topological polar surface area (TPSA) is 78.1 Å². The Hall–Kier alpha value is -2.97. The highest BCUT2D eigenvalue weighted by Crippen LogP contribution is 2.32. The number of nitrogens with zero attached hydrogens (tertiary/aromatic N) is 3. The molecule has 0 saturated heterocycles. The molecule has 2 aliphatic rings. The maximum atomic E-state index is 14.0. The third kappa shape index (κ3) is 6.18. The van der Waals surface area contributed by atoms with Crippen LogP contribution < -0.4 is 4.74 Å². The lowest BCUT2D eigenvalue weighted by molar-refractivity contribution is -0.114. The molecule has 2 aromatic carbocycles. The first-order valence-electron chi connectivity index (χ1n) is 11.6. The fourth-order valence-corrected chi connectivity index (χ4v) is 4.81. The van der Waals surface area contributed by atoms with Gasteiger partial charge in [0.1, 0.15) is 23.2 Å². The fraction of sp³-hybridized carbons (Fsp3) is 0.308. The van der Waals surface area contributed by atoms with Crippen LogP contribution >= 0.6 is 23.4 Å². The molecule has 9 heteroatoms. The molecule has 1 N–H and O–H groups in total. The summed E-state index contributed by atoms with van der Waals surface area (Å²) in [6, 6.07) is 11.3. The molecule has 182 valence electrons. The van der Waals surface area contributed by atoms with Crippen molar-refractivity contribution in [2.45, 2.75) is 52.1 Å². The summed E-state index contributed by atoms with van der Waals surface area (Å²) in [6.07, 6.45) is 8.08. The number of unbranched alkanes of at least 4 members (excludes halogenated alkanes) is 4. The van der Waals surface area contributed by atoms with Gasteiger partial charge >= 0.3 is 0 Å². The zero-order valence-electron chi connectivity index (χ0n) is 19.4. The number of hydrazone groups is 1. The van der Waals surface area contributed by atoms with Gasteiger partial charge in [-0.05, 0) is 54.9 Å². The standard InChI is InChI=1S/C26H26ClFN4O2S/c1-2-3-4-5-6-11-23-31-32-24(29)20(25(33)30-26(32)35-23)15-18-14-19(27)12-13-22(18)34-16-17-9-7-8-10-21(17)28/h7-10,12-15,29H,2-6,11,16H2,1H3/b20-15+,29-24?. The van der Waals surface area contributed by atoms with Gasteiger partial charge in [0, 0.05) is 16.1 Å². The Bertz CT molecular complexity index is 1230. The lowest BCUT2D eigenvalue weighted by atomic mass is 10.1. The van der Waals surface area contributed by atoms with Crippen molar-refractivity contribution in [3.8, 4) is 5.75 Å².